The second-order valence-corrected chi connectivity index (χ2v) is 5.07. The third-order valence-corrected chi connectivity index (χ3v) is 3.65. The zero-order valence-corrected chi connectivity index (χ0v) is 10.4. The van der Waals surface area contributed by atoms with E-state index in [-0.39, 0.29) is 31.0 Å². The molecule has 0 aromatic heterocycles. The van der Waals surface area contributed by atoms with Crippen LogP contribution in [0.1, 0.15) is 32.1 Å². The molecule has 2 atom stereocenters. The van der Waals surface area contributed by atoms with Gasteiger partial charge in [-0.15, -0.1) is 0 Å². The number of rotatable bonds is 1. The van der Waals surface area contributed by atoms with Crippen LogP contribution < -0.4 is 11.1 Å². The van der Waals surface area contributed by atoms with E-state index < -0.39 is 11.8 Å². The molecule has 0 bridgehead atoms. The van der Waals surface area contributed by atoms with Crippen LogP contribution in [-0.2, 0) is 14.4 Å². The van der Waals surface area contributed by atoms with Crippen molar-refractivity contribution >= 4 is 17.7 Å². The molecule has 1 saturated heterocycles. The van der Waals surface area contributed by atoms with E-state index in [1.807, 2.05) is 0 Å². The average molecular weight is 253 g/mol. The number of hydrogen-bond donors (Lipinski definition) is 2. The van der Waals surface area contributed by atoms with Crippen LogP contribution in [0.25, 0.3) is 0 Å². The minimum absolute atomic E-state index is 0.0339. The van der Waals surface area contributed by atoms with Gasteiger partial charge in [-0.25, -0.2) is 0 Å². The molecule has 0 spiro atoms. The molecular formula is C12H19N3O3. The first kappa shape index (κ1) is 13.0. The van der Waals surface area contributed by atoms with E-state index >= 15 is 0 Å². The number of nitrogens with zero attached hydrogens (tertiary/aromatic N) is 1. The summed E-state index contributed by atoms with van der Waals surface area (Å²) in [5, 5.41) is 2.19. The Labute approximate surface area is 106 Å². The summed E-state index contributed by atoms with van der Waals surface area (Å²) in [5.41, 5.74) is 6.02. The Bertz CT molecular complexity index is 354. The molecule has 1 saturated carbocycles. The van der Waals surface area contributed by atoms with Gasteiger partial charge in [0.1, 0.15) is 13.1 Å². The van der Waals surface area contributed by atoms with Gasteiger partial charge in [0, 0.05) is 6.04 Å². The van der Waals surface area contributed by atoms with Gasteiger partial charge in [0.2, 0.25) is 17.7 Å². The zero-order valence-electron chi connectivity index (χ0n) is 10.4. The number of piperazine rings is 1. The summed E-state index contributed by atoms with van der Waals surface area (Å²) in [6.45, 7) is -0.0679. The maximum absolute atomic E-state index is 12.3. The number of imide groups is 1. The van der Waals surface area contributed by atoms with E-state index in [0.29, 0.717) is 0 Å². The molecule has 6 nitrogen and oxygen atoms in total. The molecule has 100 valence electrons. The van der Waals surface area contributed by atoms with Gasteiger partial charge in [-0.05, 0) is 12.8 Å². The van der Waals surface area contributed by atoms with Crippen LogP contribution in [0.2, 0.25) is 0 Å². The van der Waals surface area contributed by atoms with Gasteiger partial charge in [-0.3, -0.25) is 19.7 Å². The highest BCUT2D eigenvalue weighted by atomic mass is 16.2. The van der Waals surface area contributed by atoms with E-state index in [1.54, 1.807) is 0 Å². The Balaban J connectivity index is 2.04. The van der Waals surface area contributed by atoms with E-state index in [1.165, 1.54) is 4.90 Å². The van der Waals surface area contributed by atoms with Crippen LogP contribution in [0, 0.1) is 5.92 Å². The highest BCUT2D eigenvalue weighted by Crippen LogP contribution is 2.24. The summed E-state index contributed by atoms with van der Waals surface area (Å²) in [6, 6.07) is -0.153. The zero-order chi connectivity index (χ0) is 13.1. The Morgan fingerprint density at radius 3 is 2.39 bits per heavy atom. The molecule has 2 rings (SSSR count). The molecule has 3 amide bonds. The largest absolute Gasteiger partial charge is 0.327 e. The molecule has 18 heavy (non-hydrogen) atoms. The number of amides is 3. The maximum Gasteiger partial charge on any atom is 0.246 e. The van der Waals surface area contributed by atoms with Crippen molar-refractivity contribution in [2.75, 3.05) is 13.1 Å². The third-order valence-electron chi connectivity index (χ3n) is 3.65. The molecule has 2 aliphatic rings. The number of hydrogen-bond acceptors (Lipinski definition) is 4. The average Bonchev–Trinajstić information content (AvgIpc) is 2.51. The second kappa shape index (κ2) is 5.48. The second-order valence-electron chi connectivity index (χ2n) is 5.07. The normalized spacial score (nSPS) is 29.7. The van der Waals surface area contributed by atoms with Crippen LogP contribution in [0.3, 0.4) is 0 Å². The summed E-state index contributed by atoms with van der Waals surface area (Å²) < 4.78 is 0. The predicted octanol–water partition coefficient (Wildman–Crippen LogP) is -0.621. The molecule has 1 aliphatic heterocycles. The summed E-state index contributed by atoms with van der Waals surface area (Å²) in [6.07, 6.45) is 4.72. The van der Waals surface area contributed by atoms with Crippen molar-refractivity contribution in [2.24, 2.45) is 11.7 Å². The van der Waals surface area contributed by atoms with Crippen molar-refractivity contribution in [3.8, 4) is 0 Å². The quantitative estimate of drug-likeness (QED) is 0.481. The molecule has 1 heterocycles. The van der Waals surface area contributed by atoms with Crippen molar-refractivity contribution in [1.29, 1.82) is 0 Å². The van der Waals surface area contributed by atoms with E-state index in [2.05, 4.69) is 5.32 Å². The highest BCUT2D eigenvalue weighted by molar-refractivity contribution is 6.02. The van der Waals surface area contributed by atoms with Crippen LogP contribution in [0.4, 0.5) is 0 Å². The lowest BCUT2D eigenvalue weighted by atomic mass is 9.93. The van der Waals surface area contributed by atoms with Gasteiger partial charge in [0.05, 0.1) is 5.92 Å². The number of nitrogens with two attached hydrogens (primary N) is 1. The van der Waals surface area contributed by atoms with Crippen LogP contribution in [-0.4, -0.2) is 41.8 Å². The molecule has 6 heteroatoms. The lowest BCUT2D eigenvalue weighted by Crippen LogP contribution is -2.56. The van der Waals surface area contributed by atoms with Crippen molar-refractivity contribution < 1.29 is 14.4 Å². The maximum atomic E-state index is 12.3. The topological polar surface area (TPSA) is 92.5 Å². The Hall–Kier alpha value is -1.43. The van der Waals surface area contributed by atoms with Crippen molar-refractivity contribution in [2.45, 2.75) is 38.1 Å². The fraction of sp³-hybridized carbons (Fsp3) is 0.750. The van der Waals surface area contributed by atoms with Gasteiger partial charge in [-0.2, -0.15) is 0 Å². The van der Waals surface area contributed by atoms with Crippen molar-refractivity contribution in [3.63, 3.8) is 0 Å². The molecule has 2 unspecified atom stereocenters. The summed E-state index contributed by atoms with van der Waals surface area (Å²) in [4.78, 5) is 36.2. The lowest BCUT2D eigenvalue weighted by molar-refractivity contribution is -0.148. The number of carbonyl (C=O) groups is 3. The molecule has 0 aromatic carbocycles. The van der Waals surface area contributed by atoms with E-state index in [4.69, 9.17) is 5.73 Å². The van der Waals surface area contributed by atoms with Crippen molar-refractivity contribution in [3.05, 3.63) is 0 Å². The third kappa shape index (κ3) is 2.87. The number of carbonyl (C=O) groups excluding carboxylic acids is 3. The van der Waals surface area contributed by atoms with Gasteiger partial charge in [0.25, 0.3) is 0 Å². The van der Waals surface area contributed by atoms with Gasteiger partial charge < -0.3 is 10.6 Å². The molecule has 3 N–H and O–H groups in total. The smallest absolute Gasteiger partial charge is 0.246 e. The van der Waals surface area contributed by atoms with E-state index in [0.717, 1.165) is 32.1 Å². The first-order valence-electron chi connectivity index (χ1n) is 6.45. The Morgan fingerprint density at radius 1 is 1.11 bits per heavy atom. The fourth-order valence-electron chi connectivity index (χ4n) is 2.67. The predicted molar refractivity (Wildman–Crippen MR) is 64.3 cm³/mol. The van der Waals surface area contributed by atoms with Crippen LogP contribution in [0.5, 0.6) is 0 Å². The first-order valence-corrected chi connectivity index (χ1v) is 6.45. The summed E-state index contributed by atoms with van der Waals surface area (Å²) in [5.74, 6) is -1.22. The molecule has 2 fully saturated rings. The van der Waals surface area contributed by atoms with Gasteiger partial charge >= 0.3 is 0 Å². The minimum Gasteiger partial charge on any atom is -0.327 e. The highest BCUT2D eigenvalue weighted by Gasteiger charge is 2.34. The Kier molecular flexibility index (Phi) is 3.96. The van der Waals surface area contributed by atoms with Crippen molar-refractivity contribution in [1.82, 2.24) is 10.2 Å². The van der Waals surface area contributed by atoms with E-state index in [9.17, 15) is 14.4 Å². The fourth-order valence-corrected chi connectivity index (χ4v) is 2.67. The summed E-state index contributed by atoms with van der Waals surface area (Å²) >= 11 is 0. The molecule has 0 radical (unpaired) electrons. The summed E-state index contributed by atoms with van der Waals surface area (Å²) in [7, 11) is 0. The van der Waals surface area contributed by atoms with Crippen LogP contribution in [0.15, 0.2) is 0 Å². The van der Waals surface area contributed by atoms with Gasteiger partial charge in [-0.1, -0.05) is 19.3 Å². The molecule has 0 aromatic rings. The van der Waals surface area contributed by atoms with Gasteiger partial charge in [0.15, 0.2) is 0 Å². The lowest BCUT2D eigenvalue weighted by Gasteiger charge is -2.30. The van der Waals surface area contributed by atoms with Crippen LogP contribution >= 0.6 is 0 Å². The standard InChI is InChI=1S/C12H19N3O3/c13-9-5-3-1-2-4-8(9)12(18)15-6-10(16)14-11(17)7-15/h8-9H,1-7,13H2,(H,14,16,17). The molecule has 1 aliphatic carbocycles. The molecular weight excluding hydrogens is 234 g/mol. The monoisotopic (exact) mass is 253 g/mol. The minimum atomic E-state index is -0.415. The SMILES string of the molecule is NC1CCCCCC1C(=O)N1CC(=O)NC(=O)C1. The Morgan fingerprint density at radius 2 is 1.72 bits per heavy atom. The first-order chi connectivity index (χ1) is 8.58. The number of nitrogens with one attached hydrogen (secondary N) is 1.